The minimum absolute atomic E-state index is 0.406. The monoisotopic (exact) mass is 203 g/mol. The van der Waals surface area contributed by atoms with Gasteiger partial charge in [-0.3, -0.25) is 0 Å². The van der Waals surface area contributed by atoms with Crippen LogP contribution < -0.4 is 0 Å². The Bertz CT molecular complexity index is 380. The molecule has 13 heavy (non-hydrogen) atoms. The number of nitriles is 1. The summed E-state index contributed by atoms with van der Waals surface area (Å²) in [5.74, 6) is -3.51. The average Bonchev–Trinajstić information content (AvgIpc) is 2.12. The molecule has 0 aliphatic carbocycles. The first kappa shape index (κ1) is 9.93. The quantitative estimate of drug-likeness (QED) is 0.517. The van der Waals surface area contributed by atoms with Gasteiger partial charge in [0.05, 0.1) is 10.5 Å². The van der Waals surface area contributed by atoms with Crippen molar-refractivity contribution in [1.82, 2.24) is 0 Å². The molecule has 0 atom stereocenters. The number of halogens is 3. The van der Waals surface area contributed by atoms with Gasteiger partial charge >= 0.3 is 0 Å². The van der Waals surface area contributed by atoms with Gasteiger partial charge in [-0.25, -0.2) is 13.2 Å². The highest BCUT2D eigenvalue weighted by atomic mass is 32.2. The fourth-order valence-electron chi connectivity index (χ4n) is 0.847. The van der Waals surface area contributed by atoms with Crippen LogP contribution in [0.25, 0.3) is 0 Å². The maximum absolute atomic E-state index is 12.9. The van der Waals surface area contributed by atoms with Gasteiger partial charge in [-0.05, 0) is 12.3 Å². The van der Waals surface area contributed by atoms with Crippen molar-refractivity contribution in [2.75, 3.05) is 6.26 Å². The summed E-state index contributed by atoms with van der Waals surface area (Å²) >= 11 is 0.756. The molecule has 0 heterocycles. The van der Waals surface area contributed by atoms with Crippen molar-refractivity contribution < 1.29 is 13.2 Å². The molecule has 0 radical (unpaired) electrons. The Kier molecular flexibility index (Phi) is 2.83. The summed E-state index contributed by atoms with van der Waals surface area (Å²) in [5, 5.41) is 8.30. The molecule has 68 valence electrons. The fourth-order valence-corrected chi connectivity index (χ4v) is 1.37. The summed E-state index contributed by atoms with van der Waals surface area (Å²) < 4.78 is 38.7. The summed E-state index contributed by atoms with van der Waals surface area (Å²) in [4.78, 5) is -0.406. The van der Waals surface area contributed by atoms with Crippen LogP contribution >= 0.6 is 11.8 Å². The van der Waals surface area contributed by atoms with Gasteiger partial charge in [0.2, 0.25) is 0 Å². The first-order chi connectivity index (χ1) is 6.11. The Balaban J connectivity index is 3.48. The van der Waals surface area contributed by atoms with E-state index in [1.807, 2.05) is 0 Å². The van der Waals surface area contributed by atoms with Crippen molar-refractivity contribution in [2.45, 2.75) is 4.90 Å². The molecule has 0 aliphatic heterocycles. The zero-order valence-corrected chi connectivity index (χ0v) is 7.38. The average molecular weight is 203 g/mol. The van der Waals surface area contributed by atoms with Crippen molar-refractivity contribution in [2.24, 2.45) is 0 Å². The highest BCUT2D eigenvalue weighted by molar-refractivity contribution is 7.98. The zero-order valence-electron chi connectivity index (χ0n) is 6.57. The predicted octanol–water partition coefficient (Wildman–Crippen LogP) is 2.70. The minimum Gasteiger partial charge on any atom is -0.206 e. The van der Waals surface area contributed by atoms with Crippen molar-refractivity contribution in [3.63, 3.8) is 0 Å². The summed E-state index contributed by atoms with van der Waals surface area (Å²) in [6, 6.07) is 2.05. The molecule has 1 aromatic carbocycles. The van der Waals surface area contributed by atoms with Crippen LogP contribution in [0.3, 0.4) is 0 Å². The number of hydrogen-bond donors (Lipinski definition) is 0. The number of benzene rings is 1. The van der Waals surface area contributed by atoms with E-state index in [0.29, 0.717) is 6.07 Å². The molecule has 0 saturated heterocycles. The van der Waals surface area contributed by atoms with E-state index in [1.165, 1.54) is 12.3 Å². The van der Waals surface area contributed by atoms with Gasteiger partial charge < -0.3 is 0 Å². The van der Waals surface area contributed by atoms with Crippen molar-refractivity contribution in [1.29, 1.82) is 5.26 Å². The van der Waals surface area contributed by atoms with E-state index in [0.717, 1.165) is 11.8 Å². The third-order valence-corrected chi connectivity index (χ3v) is 2.22. The highest BCUT2D eigenvalue weighted by Crippen LogP contribution is 2.26. The van der Waals surface area contributed by atoms with E-state index in [9.17, 15) is 13.2 Å². The normalized spacial score (nSPS) is 9.77. The molecule has 0 fully saturated rings. The Morgan fingerprint density at radius 1 is 1.31 bits per heavy atom. The highest BCUT2D eigenvalue weighted by Gasteiger charge is 2.17. The van der Waals surface area contributed by atoms with Crippen molar-refractivity contribution in [3.05, 3.63) is 29.1 Å². The van der Waals surface area contributed by atoms with Crippen LogP contribution in [-0.2, 0) is 0 Å². The van der Waals surface area contributed by atoms with Gasteiger partial charge in [-0.15, -0.1) is 11.8 Å². The number of rotatable bonds is 1. The number of thioether (sulfide) groups is 1. The molecule has 1 aromatic rings. The summed E-state index contributed by atoms with van der Waals surface area (Å²) in [6.45, 7) is 0. The molecule has 0 aromatic heterocycles. The largest absolute Gasteiger partial charge is 0.206 e. The first-order valence-electron chi connectivity index (χ1n) is 3.23. The van der Waals surface area contributed by atoms with Crippen LogP contribution in [0.2, 0.25) is 0 Å². The van der Waals surface area contributed by atoms with Crippen LogP contribution in [0.15, 0.2) is 11.0 Å². The second kappa shape index (κ2) is 3.71. The maximum Gasteiger partial charge on any atom is 0.177 e. The predicted molar refractivity (Wildman–Crippen MR) is 42.8 cm³/mol. The lowest BCUT2D eigenvalue weighted by Crippen LogP contribution is -1.96. The maximum atomic E-state index is 12.9. The molecule has 0 spiro atoms. The Labute approximate surface area is 77.2 Å². The Hall–Kier alpha value is -1.15. The van der Waals surface area contributed by atoms with Crippen molar-refractivity contribution in [3.8, 4) is 6.07 Å². The summed E-state index contributed by atoms with van der Waals surface area (Å²) in [5.41, 5.74) is -0.618. The van der Waals surface area contributed by atoms with Crippen LogP contribution in [0, 0.1) is 28.8 Å². The third kappa shape index (κ3) is 1.63. The molecular weight excluding hydrogens is 199 g/mol. The van der Waals surface area contributed by atoms with Gasteiger partial charge in [0.25, 0.3) is 0 Å². The van der Waals surface area contributed by atoms with E-state index in [2.05, 4.69) is 0 Å². The molecule has 1 nitrogen and oxygen atoms in total. The number of nitrogens with zero attached hydrogens (tertiary/aromatic N) is 1. The number of hydrogen-bond acceptors (Lipinski definition) is 2. The van der Waals surface area contributed by atoms with Crippen molar-refractivity contribution >= 4 is 11.8 Å². The van der Waals surface area contributed by atoms with Gasteiger partial charge in [-0.2, -0.15) is 5.26 Å². The van der Waals surface area contributed by atoms with Crippen LogP contribution in [0.5, 0.6) is 0 Å². The third-order valence-electron chi connectivity index (χ3n) is 1.44. The molecule has 0 bridgehead atoms. The van der Waals surface area contributed by atoms with Gasteiger partial charge in [0.1, 0.15) is 11.9 Å². The lowest BCUT2D eigenvalue weighted by atomic mass is 10.2. The zero-order chi connectivity index (χ0) is 10.0. The van der Waals surface area contributed by atoms with E-state index in [4.69, 9.17) is 5.26 Å². The lowest BCUT2D eigenvalue weighted by Gasteiger charge is -2.02. The molecule has 0 amide bonds. The molecule has 0 N–H and O–H groups in total. The minimum atomic E-state index is -1.30. The van der Waals surface area contributed by atoms with Crippen LogP contribution in [-0.4, -0.2) is 6.26 Å². The molecule has 0 saturated carbocycles. The van der Waals surface area contributed by atoms with Gasteiger partial charge in [0.15, 0.2) is 11.6 Å². The molecule has 0 unspecified atom stereocenters. The second-order valence-corrected chi connectivity index (χ2v) is 3.00. The fraction of sp³-hybridized carbons (Fsp3) is 0.125. The molecule has 0 aliphatic rings. The molecule has 5 heteroatoms. The standard InChI is InChI=1S/C8H4F3NS/c1-13-8-5(9)2-4(3-12)6(10)7(8)11/h2H,1H3. The van der Waals surface area contributed by atoms with Gasteiger partial charge in [0, 0.05) is 0 Å². The first-order valence-corrected chi connectivity index (χ1v) is 4.46. The molecule has 1 rings (SSSR count). The van der Waals surface area contributed by atoms with E-state index >= 15 is 0 Å². The van der Waals surface area contributed by atoms with E-state index in [1.54, 1.807) is 0 Å². The van der Waals surface area contributed by atoms with E-state index in [-0.39, 0.29) is 0 Å². The van der Waals surface area contributed by atoms with Crippen LogP contribution in [0.4, 0.5) is 13.2 Å². The lowest BCUT2D eigenvalue weighted by molar-refractivity contribution is 0.465. The summed E-state index contributed by atoms with van der Waals surface area (Å²) in [7, 11) is 0. The smallest absolute Gasteiger partial charge is 0.177 e. The van der Waals surface area contributed by atoms with E-state index < -0.39 is 27.9 Å². The Morgan fingerprint density at radius 2 is 1.92 bits per heavy atom. The SMILES string of the molecule is CSc1c(F)cc(C#N)c(F)c1F. The Morgan fingerprint density at radius 3 is 2.38 bits per heavy atom. The van der Waals surface area contributed by atoms with Crippen LogP contribution in [0.1, 0.15) is 5.56 Å². The topological polar surface area (TPSA) is 23.8 Å². The second-order valence-electron chi connectivity index (χ2n) is 2.18. The molecular formula is C8H4F3NS. The summed E-state index contributed by atoms with van der Waals surface area (Å²) in [6.07, 6.45) is 1.42. The van der Waals surface area contributed by atoms with Gasteiger partial charge in [-0.1, -0.05) is 0 Å².